The first-order valence-corrected chi connectivity index (χ1v) is 4.81. The summed E-state index contributed by atoms with van der Waals surface area (Å²) in [5.41, 5.74) is 4.84. The topological polar surface area (TPSA) is 54.8 Å². The molecule has 0 atom stereocenters. The molecule has 0 saturated heterocycles. The van der Waals surface area contributed by atoms with E-state index in [1.54, 1.807) is 0 Å². The van der Waals surface area contributed by atoms with Gasteiger partial charge in [-0.15, -0.1) is 0 Å². The quantitative estimate of drug-likeness (QED) is 0.625. The number of hydrogen-bond acceptors (Lipinski definition) is 2. The Bertz CT molecular complexity index is 474. The van der Waals surface area contributed by atoms with Crippen LogP contribution in [0.25, 0.3) is 10.0 Å². The highest BCUT2D eigenvalue weighted by Crippen LogP contribution is 2.25. The van der Waals surface area contributed by atoms with Crippen molar-refractivity contribution in [1.29, 1.82) is 0 Å². The molecule has 0 saturated carbocycles. The Kier molecular flexibility index (Phi) is 3.37. The molecular formula is C12H12N2O2. The molecule has 4 heteroatoms. The van der Waals surface area contributed by atoms with Crippen LogP contribution in [-0.2, 0) is 0 Å². The van der Waals surface area contributed by atoms with E-state index in [-0.39, 0.29) is 0 Å². The predicted molar refractivity (Wildman–Crippen MR) is 64.8 cm³/mol. The molecule has 0 aliphatic carbocycles. The maximum atomic E-state index is 10.3. The minimum Gasteiger partial charge on any atom is -0.498 e. The van der Waals surface area contributed by atoms with Gasteiger partial charge in [0.05, 0.1) is 0 Å². The number of rotatable bonds is 0. The second-order valence-electron chi connectivity index (χ2n) is 3.66. The molecule has 0 aliphatic heterocycles. The third-order valence-corrected chi connectivity index (χ3v) is 2.94. The lowest BCUT2D eigenvalue weighted by atomic mass is 9.90. The van der Waals surface area contributed by atoms with Gasteiger partial charge in [0.15, 0.2) is 0 Å². The lowest BCUT2D eigenvalue weighted by Gasteiger charge is -2.09. The van der Waals surface area contributed by atoms with Crippen LogP contribution >= 0.6 is 0 Å². The highest BCUT2D eigenvalue weighted by Gasteiger charge is 2.18. The zero-order chi connectivity index (χ0) is 12.3. The first-order chi connectivity index (χ1) is 7.54. The van der Waals surface area contributed by atoms with Crippen LogP contribution in [0.1, 0.15) is 33.4 Å². The molecule has 1 rings (SSSR count). The molecule has 1 aromatic carbocycles. The zero-order valence-corrected chi connectivity index (χ0v) is 9.71. The highest BCUT2D eigenvalue weighted by molar-refractivity contribution is 5.60. The molecule has 0 aliphatic rings. The first kappa shape index (κ1) is 11.9. The summed E-state index contributed by atoms with van der Waals surface area (Å²) < 4.78 is 0. The fourth-order valence-electron chi connectivity index (χ4n) is 1.74. The third-order valence-electron chi connectivity index (χ3n) is 2.94. The molecular weight excluding hydrogens is 204 g/mol. The maximum absolute atomic E-state index is 10.3. The van der Waals surface area contributed by atoms with E-state index in [9.17, 15) is 10.4 Å². The van der Waals surface area contributed by atoms with Crippen LogP contribution in [0.15, 0.2) is 0 Å². The summed E-state index contributed by atoms with van der Waals surface area (Å²) >= 11 is 0. The van der Waals surface area contributed by atoms with E-state index < -0.39 is 0 Å². The summed E-state index contributed by atoms with van der Waals surface area (Å²) in [5.74, 6) is 0. The van der Waals surface area contributed by atoms with E-state index in [1.165, 1.54) is 0 Å². The summed E-state index contributed by atoms with van der Waals surface area (Å²) in [7, 11) is 0. The van der Waals surface area contributed by atoms with E-state index >= 15 is 0 Å². The van der Waals surface area contributed by atoms with E-state index in [2.05, 4.69) is 22.2 Å². The molecule has 0 bridgehead atoms. The van der Waals surface area contributed by atoms with Crippen LogP contribution in [0.2, 0.25) is 0 Å². The van der Waals surface area contributed by atoms with E-state index in [1.807, 2.05) is 27.7 Å². The van der Waals surface area contributed by atoms with Gasteiger partial charge in [-0.25, -0.2) is 0 Å². The average molecular weight is 216 g/mol. The van der Waals surface area contributed by atoms with Crippen LogP contribution in [-0.4, -0.2) is 0 Å². The van der Waals surface area contributed by atoms with Crippen LogP contribution in [0, 0.1) is 50.2 Å². The SMILES string of the molecule is Cc1c(C)c(C#[N+][O-])c(C)c(C)c1C#[N+][O-]. The van der Waals surface area contributed by atoms with Crippen LogP contribution in [0.3, 0.4) is 0 Å². The van der Waals surface area contributed by atoms with E-state index in [0.29, 0.717) is 11.1 Å². The molecule has 4 nitrogen and oxygen atoms in total. The standard InChI is InChI=1S/C12H12N2O2/c1-7-8(2)12(6-14-16)10(4)9(3)11(7)5-13-15/h1-4H3. The smallest absolute Gasteiger partial charge is 0.337 e. The number of benzene rings is 1. The molecule has 0 N–H and O–H groups in total. The molecule has 0 heterocycles. The molecule has 0 spiro atoms. The summed E-state index contributed by atoms with van der Waals surface area (Å²) in [6.07, 6.45) is 0. The molecule has 0 radical (unpaired) electrons. The average Bonchev–Trinajstić information content (AvgIpc) is 2.28. The largest absolute Gasteiger partial charge is 0.498 e. The van der Waals surface area contributed by atoms with Crippen molar-refractivity contribution in [3.05, 3.63) is 53.8 Å². The van der Waals surface area contributed by atoms with E-state index in [0.717, 1.165) is 22.3 Å². The first-order valence-electron chi connectivity index (χ1n) is 4.81. The Labute approximate surface area is 94.3 Å². The lowest BCUT2D eigenvalue weighted by Crippen LogP contribution is -2.00. The van der Waals surface area contributed by atoms with Crippen molar-refractivity contribution in [2.24, 2.45) is 0 Å². The van der Waals surface area contributed by atoms with Crippen molar-refractivity contribution in [3.63, 3.8) is 0 Å². The van der Waals surface area contributed by atoms with Crippen LogP contribution < -0.4 is 0 Å². The van der Waals surface area contributed by atoms with Crippen molar-refractivity contribution in [2.45, 2.75) is 27.7 Å². The van der Waals surface area contributed by atoms with Crippen molar-refractivity contribution < 1.29 is 0 Å². The van der Waals surface area contributed by atoms with Gasteiger partial charge in [-0.1, -0.05) is 0 Å². The Morgan fingerprint density at radius 3 is 1.12 bits per heavy atom. The Morgan fingerprint density at radius 2 is 0.938 bits per heavy atom. The minimum atomic E-state index is 0.682. The van der Waals surface area contributed by atoms with Crippen LogP contribution in [0.4, 0.5) is 0 Å². The minimum absolute atomic E-state index is 0.682. The van der Waals surface area contributed by atoms with Gasteiger partial charge in [0.25, 0.3) is 0 Å². The molecule has 16 heavy (non-hydrogen) atoms. The van der Waals surface area contributed by atoms with Gasteiger partial charge in [0, 0.05) is 10.0 Å². The monoisotopic (exact) mass is 216 g/mol. The molecule has 82 valence electrons. The Morgan fingerprint density at radius 1 is 0.688 bits per heavy atom. The summed E-state index contributed by atoms with van der Waals surface area (Å²) in [6, 6.07) is 4.86. The summed E-state index contributed by atoms with van der Waals surface area (Å²) in [4.78, 5) is 0. The van der Waals surface area contributed by atoms with Gasteiger partial charge in [-0.3, -0.25) is 0 Å². The van der Waals surface area contributed by atoms with Gasteiger partial charge in [0.1, 0.15) is 11.1 Å². The summed E-state index contributed by atoms with van der Waals surface area (Å²) in [5, 5.41) is 25.9. The van der Waals surface area contributed by atoms with Crippen molar-refractivity contribution in [1.82, 2.24) is 0 Å². The molecule has 0 unspecified atom stereocenters. The predicted octanol–water partition coefficient (Wildman–Crippen LogP) is 3.28. The van der Waals surface area contributed by atoms with Gasteiger partial charge in [-0.2, -0.15) is 0 Å². The van der Waals surface area contributed by atoms with Crippen molar-refractivity contribution in [2.75, 3.05) is 0 Å². The molecule has 1 aromatic rings. The second-order valence-corrected chi connectivity index (χ2v) is 3.66. The van der Waals surface area contributed by atoms with E-state index in [4.69, 9.17) is 0 Å². The molecule has 0 aromatic heterocycles. The third kappa shape index (κ3) is 1.78. The van der Waals surface area contributed by atoms with Crippen molar-refractivity contribution in [3.8, 4) is 12.1 Å². The van der Waals surface area contributed by atoms with Gasteiger partial charge >= 0.3 is 12.1 Å². The van der Waals surface area contributed by atoms with Crippen molar-refractivity contribution >= 4 is 0 Å². The highest BCUT2D eigenvalue weighted by atomic mass is 16.4. The molecule has 0 amide bonds. The van der Waals surface area contributed by atoms with Gasteiger partial charge in [0.2, 0.25) is 0 Å². The number of hydrogen-bond donors (Lipinski definition) is 0. The molecule has 0 fully saturated rings. The Balaban J connectivity index is 3.71. The Hall–Kier alpha value is -2.20. The summed E-state index contributed by atoms with van der Waals surface area (Å²) in [6.45, 7) is 7.41. The van der Waals surface area contributed by atoms with Gasteiger partial charge < -0.3 is 10.4 Å². The fourth-order valence-corrected chi connectivity index (χ4v) is 1.74. The zero-order valence-electron chi connectivity index (χ0n) is 9.71. The normalized spacial score (nSPS) is 8.75. The fraction of sp³-hybridized carbons (Fsp3) is 0.333. The lowest BCUT2D eigenvalue weighted by molar-refractivity contribution is 1.20. The maximum Gasteiger partial charge on any atom is 0.337 e. The van der Waals surface area contributed by atoms with Gasteiger partial charge in [-0.05, 0) is 49.9 Å². The number of nitrogens with zero attached hydrogens (tertiary/aromatic N) is 2. The van der Waals surface area contributed by atoms with Crippen LogP contribution in [0.5, 0.6) is 0 Å². The second kappa shape index (κ2) is 4.55.